The van der Waals surface area contributed by atoms with Gasteiger partial charge < -0.3 is 10.1 Å². The molecule has 0 fully saturated rings. The van der Waals surface area contributed by atoms with Crippen LogP contribution in [-0.4, -0.2) is 17.5 Å². The molecule has 102 valence electrons. The highest BCUT2D eigenvalue weighted by Crippen LogP contribution is 2.34. The maximum atomic E-state index is 12.4. The molecule has 1 N–H and O–H groups in total. The van der Waals surface area contributed by atoms with Crippen molar-refractivity contribution in [3.8, 4) is 5.75 Å². The molecule has 1 aromatic carbocycles. The molecule has 1 aromatic heterocycles. The number of amides is 1. The van der Waals surface area contributed by atoms with Crippen LogP contribution in [-0.2, 0) is 4.79 Å². The van der Waals surface area contributed by atoms with Crippen molar-refractivity contribution in [2.75, 3.05) is 11.9 Å². The van der Waals surface area contributed by atoms with Crippen molar-refractivity contribution >= 4 is 23.3 Å². The minimum absolute atomic E-state index is 0.110. The molecule has 1 unspecified atom stereocenters. The third-order valence-corrected chi connectivity index (χ3v) is 3.58. The van der Waals surface area contributed by atoms with Gasteiger partial charge in [-0.1, -0.05) is 29.8 Å². The van der Waals surface area contributed by atoms with E-state index in [0.29, 0.717) is 23.9 Å². The van der Waals surface area contributed by atoms with Gasteiger partial charge in [0.15, 0.2) is 5.82 Å². The standard InChI is InChI=1S/C15H13ClN2O2/c16-12-5-3-8-17-14(12)18-15(19)11-7-9-20-13-6-2-1-4-10(11)13/h1-6,8,11H,7,9H2,(H,17,18,19). The number of para-hydroxylation sites is 1. The second kappa shape index (κ2) is 5.51. The molecule has 5 heteroatoms. The number of halogens is 1. The smallest absolute Gasteiger partial charge is 0.233 e. The number of anilines is 1. The first-order valence-corrected chi connectivity index (χ1v) is 6.76. The Labute approximate surface area is 121 Å². The van der Waals surface area contributed by atoms with Crippen LogP contribution in [0, 0.1) is 0 Å². The van der Waals surface area contributed by atoms with Crippen molar-refractivity contribution in [3.05, 3.63) is 53.2 Å². The molecule has 20 heavy (non-hydrogen) atoms. The largest absolute Gasteiger partial charge is 0.493 e. The summed E-state index contributed by atoms with van der Waals surface area (Å²) in [6.45, 7) is 0.533. The summed E-state index contributed by atoms with van der Waals surface area (Å²) in [6.07, 6.45) is 2.24. The molecular formula is C15H13ClN2O2. The molecule has 0 radical (unpaired) electrons. The van der Waals surface area contributed by atoms with E-state index in [1.807, 2.05) is 24.3 Å². The van der Waals surface area contributed by atoms with Crippen LogP contribution in [0.4, 0.5) is 5.82 Å². The third-order valence-electron chi connectivity index (χ3n) is 3.28. The minimum Gasteiger partial charge on any atom is -0.493 e. The fourth-order valence-corrected chi connectivity index (χ4v) is 2.46. The third kappa shape index (κ3) is 2.47. The van der Waals surface area contributed by atoms with Gasteiger partial charge in [-0.3, -0.25) is 4.79 Å². The summed E-state index contributed by atoms with van der Waals surface area (Å²) in [5.74, 6) is 0.813. The fraction of sp³-hybridized carbons (Fsp3) is 0.200. The van der Waals surface area contributed by atoms with Gasteiger partial charge in [0.25, 0.3) is 0 Å². The second-order valence-corrected chi connectivity index (χ2v) is 4.96. The van der Waals surface area contributed by atoms with Gasteiger partial charge in [-0.05, 0) is 24.6 Å². The van der Waals surface area contributed by atoms with E-state index in [0.717, 1.165) is 11.3 Å². The molecule has 1 aliphatic heterocycles. The maximum absolute atomic E-state index is 12.4. The quantitative estimate of drug-likeness (QED) is 0.923. The summed E-state index contributed by atoms with van der Waals surface area (Å²) in [5, 5.41) is 3.21. The maximum Gasteiger partial charge on any atom is 0.233 e. The molecule has 0 spiro atoms. The Kier molecular flexibility index (Phi) is 3.56. The monoisotopic (exact) mass is 288 g/mol. The van der Waals surface area contributed by atoms with Crippen LogP contribution < -0.4 is 10.1 Å². The van der Waals surface area contributed by atoms with Gasteiger partial charge >= 0.3 is 0 Å². The molecule has 4 nitrogen and oxygen atoms in total. The van der Waals surface area contributed by atoms with E-state index in [9.17, 15) is 4.79 Å². The number of fused-ring (bicyclic) bond motifs is 1. The second-order valence-electron chi connectivity index (χ2n) is 4.55. The van der Waals surface area contributed by atoms with E-state index in [2.05, 4.69) is 10.3 Å². The normalized spacial score (nSPS) is 16.9. The van der Waals surface area contributed by atoms with Crippen molar-refractivity contribution in [3.63, 3.8) is 0 Å². The van der Waals surface area contributed by atoms with Crippen molar-refractivity contribution in [1.82, 2.24) is 4.98 Å². The number of rotatable bonds is 2. The number of carbonyl (C=O) groups is 1. The van der Waals surface area contributed by atoms with E-state index < -0.39 is 0 Å². The predicted molar refractivity (Wildman–Crippen MR) is 77.2 cm³/mol. The first kappa shape index (κ1) is 12.9. The van der Waals surface area contributed by atoms with Crippen LogP contribution in [0.25, 0.3) is 0 Å². The lowest BCUT2D eigenvalue weighted by atomic mass is 9.92. The van der Waals surface area contributed by atoms with Gasteiger partial charge in [-0.15, -0.1) is 0 Å². The molecule has 0 aliphatic carbocycles. The van der Waals surface area contributed by atoms with Gasteiger partial charge in [0.05, 0.1) is 17.5 Å². The van der Waals surface area contributed by atoms with E-state index in [4.69, 9.17) is 16.3 Å². The van der Waals surface area contributed by atoms with E-state index in [1.165, 1.54) is 0 Å². The topological polar surface area (TPSA) is 51.2 Å². The Balaban J connectivity index is 1.84. The van der Waals surface area contributed by atoms with Crippen LogP contribution in [0.1, 0.15) is 17.9 Å². The average molecular weight is 289 g/mol. The summed E-state index contributed by atoms with van der Waals surface area (Å²) in [7, 11) is 0. The highest BCUT2D eigenvalue weighted by atomic mass is 35.5. The Morgan fingerprint density at radius 3 is 3.00 bits per heavy atom. The van der Waals surface area contributed by atoms with E-state index >= 15 is 0 Å². The molecule has 3 rings (SSSR count). The molecule has 2 aromatic rings. The summed E-state index contributed by atoms with van der Waals surface area (Å²) >= 11 is 6.01. The zero-order valence-corrected chi connectivity index (χ0v) is 11.4. The van der Waals surface area contributed by atoms with E-state index in [-0.39, 0.29) is 11.8 Å². The van der Waals surface area contributed by atoms with Crippen LogP contribution in [0.2, 0.25) is 5.02 Å². The zero-order valence-electron chi connectivity index (χ0n) is 10.7. The summed E-state index contributed by atoms with van der Waals surface area (Å²) in [6, 6.07) is 11.0. The number of benzene rings is 1. The van der Waals surface area contributed by atoms with Crippen LogP contribution in [0.15, 0.2) is 42.6 Å². The molecular weight excluding hydrogens is 276 g/mol. The lowest BCUT2D eigenvalue weighted by Crippen LogP contribution is -2.26. The minimum atomic E-state index is -0.238. The fourth-order valence-electron chi connectivity index (χ4n) is 2.30. The van der Waals surface area contributed by atoms with Crippen LogP contribution >= 0.6 is 11.6 Å². The molecule has 1 atom stereocenters. The number of aromatic nitrogens is 1. The highest BCUT2D eigenvalue weighted by molar-refractivity contribution is 6.33. The van der Waals surface area contributed by atoms with Crippen molar-refractivity contribution in [2.24, 2.45) is 0 Å². The molecule has 0 saturated carbocycles. The van der Waals surface area contributed by atoms with Crippen molar-refractivity contribution in [1.29, 1.82) is 0 Å². The highest BCUT2D eigenvalue weighted by Gasteiger charge is 2.27. The molecule has 2 heterocycles. The summed E-state index contributed by atoms with van der Waals surface area (Å²) in [5.41, 5.74) is 0.906. The number of pyridine rings is 1. The molecule has 1 amide bonds. The van der Waals surface area contributed by atoms with Gasteiger partial charge in [0.1, 0.15) is 5.75 Å². The first-order chi connectivity index (χ1) is 9.75. The molecule has 1 aliphatic rings. The average Bonchev–Trinajstić information content (AvgIpc) is 2.49. The summed E-state index contributed by atoms with van der Waals surface area (Å²) in [4.78, 5) is 16.5. The van der Waals surface area contributed by atoms with Gasteiger partial charge in [0.2, 0.25) is 5.91 Å². The Morgan fingerprint density at radius 1 is 1.30 bits per heavy atom. The van der Waals surface area contributed by atoms with Crippen molar-refractivity contribution < 1.29 is 9.53 Å². The number of nitrogens with one attached hydrogen (secondary N) is 1. The zero-order chi connectivity index (χ0) is 13.9. The molecule has 0 saturated heterocycles. The Morgan fingerprint density at radius 2 is 2.15 bits per heavy atom. The number of hydrogen-bond acceptors (Lipinski definition) is 3. The first-order valence-electron chi connectivity index (χ1n) is 6.39. The number of hydrogen-bond donors (Lipinski definition) is 1. The van der Waals surface area contributed by atoms with Gasteiger partial charge in [-0.25, -0.2) is 4.98 Å². The van der Waals surface area contributed by atoms with Gasteiger partial charge in [-0.2, -0.15) is 0 Å². The SMILES string of the molecule is O=C(Nc1ncccc1Cl)C1CCOc2ccccc21. The van der Waals surface area contributed by atoms with Crippen molar-refractivity contribution in [2.45, 2.75) is 12.3 Å². The lowest BCUT2D eigenvalue weighted by Gasteiger charge is -2.24. The van der Waals surface area contributed by atoms with Crippen LogP contribution in [0.3, 0.4) is 0 Å². The van der Waals surface area contributed by atoms with Gasteiger partial charge in [0, 0.05) is 11.8 Å². The number of ether oxygens (including phenoxy) is 1. The van der Waals surface area contributed by atoms with E-state index in [1.54, 1.807) is 18.3 Å². The number of nitrogens with zero attached hydrogens (tertiary/aromatic N) is 1. The Bertz CT molecular complexity index is 645. The summed E-state index contributed by atoms with van der Waals surface area (Å²) < 4.78 is 5.56. The lowest BCUT2D eigenvalue weighted by molar-refractivity contribution is -0.118. The molecule has 0 bridgehead atoms. The number of carbonyl (C=O) groups excluding carboxylic acids is 1. The van der Waals surface area contributed by atoms with Crippen LogP contribution in [0.5, 0.6) is 5.75 Å². The Hall–Kier alpha value is -2.07. The predicted octanol–water partition coefficient (Wildman–Crippen LogP) is 3.24.